The Morgan fingerprint density at radius 2 is 1.91 bits per heavy atom. The fourth-order valence-corrected chi connectivity index (χ4v) is 4.19. The SMILES string of the molecule is CN(C)CCOc1ccc(-c2ccccn2)c2c1C1CCC2C1. The molecule has 0 radical (unpaired) electrons. The summed E-state index contributed by atoms with van der Waals surface area (Å²) in [5, 5.41) is 0. The highest BCUT2D eigenvalue weighted by Gasteiger charge is 2.40. The number of hydrogen-bond acceptors (Lipinski definition) is 3. The first-order valence-electron chi connectivity index (χ1n) is 8.59. The van der Waals surface area contributed by atoms with E-state index >= 15 is 0 Å². The summed E-state index contributed by atoms with van der Waals surface area (Å²) in [7, 11) is 4.17. The van der Waals surface area contributed by atoms with Crippen molar-refractivity contribution in [3.05, 3.63) is 47.7 Å². The molecule has 2 unspecified atom stereocenters. The van der Waals surface area contributed by atoms with Crippen LogP contribution in [0.2, 0.25) is 0 Å². The van der Waals surface area contributed by atoms with E-state index < -0.39 is 0 Å². The number of rotatable bonds is 5. The highest BCUT2D eigenvalue weighted by molar-refractivity contribution is 5.71. The maximum atomic E-state index is 6.14. The molecule has 0 spiro atoms. The first-order valence-corrected chi connectivity index (χ1v) is 8.59. The predicted molar refractivity (Wildman–Crippen MR) is 93.1 cm³/mol. The molecule has 1 aromatic heterocycles. The highest BCUT2D eigenvalue weighted by atomic mass is 16.5. The molecule has 3 heteroatoms. The maximum Gasteiger partial charge on any atom is 0.123 e. The summed E-state index contributed by atoms with van der Waals surface area (Å²) >= 11 is 0. The summed E-state index contributed by atoms with van der Waals surface area (Å²) in [5.41, 5.74) is 5.40. The average Bonchev–Trinajstić information content (AvgIpc) is 3.18. The molecular formula is C20H24N2O. The molecule has 1 aromatic carbocycles. The van der Waals surface area contributed by atoms with Gasteiger partial charge in [0.25, 0.3) is 0 Å². The minimum atomic E-state index is 0.688. The van der Waals surface area contributed by atoms with Crippen LogP contribution in [0.1, 0.15) is 42.2 Å². The van der Waals surface area contributed by atoms with Gasteiger partial charge in [-0.2, -0.15) is 0 Å². The topological polar surface area (TPSA) is 25.4 Å². The van der Waals surface area contributed by atoms with Gasteiger partial charge in [-0.1, -0.05) is 6.07 Å². The van der Waals surface area contributed by atoms with Crippen molar-refractivity contribution >= 4 is 0 Å². The van der Waals surface area contributed by atoms with Gasteiger partial charge in [0.05, 0.1) is 5.69 Å². The van der Waals surface area contributed by atoms with Gasteiger partial charge in [0, 0.05) is 23.9 Å². The number of hydrogen-bond donors (Lipinski definition) is 0. The van der Waals surface area contributed by atoms with E-state index in [1.807, 2.05) is 12.3 Å². The van der Waals surface area contributed by atoms with Crippen molar-refractivity contribution in [3.8, 4) is 17.0 Å². The fourth-order valence-electron chi connectivity index (χ4n) is 4.19. The second kappa shape index (κ2) is 5.97. The molecule has 120 valence electrons. The molecule has 0 N–H and O–H groups in total. The molecule has 1 heterocycles. The van der Waals surface area contributed by atoms with Crippen LogP contribution in [0, 0.1) is 0 Å². The molecule has 0 amide bonds. The van der Waals surface area contributed by atoms with Crippen LogP contribution in [-0.4, -0.2) is 37.1 Å². The third-order valence-electron chi connectivity index (χ3n) is 5.23. The zero-order valence-corrected chi connectivity index (χ0v) is 14.0. The van der Waals surface area contributed by atoms with Crippen molar-refractivity contribution in [2.75, 3.05) is 27.2 Å². The molecule has 4 rings (SSSR count). The van der Waals surface area contributed by atoms with Crippen LogP contribution in [0.5, 0.6) is 5.75 Å². The van der Waals surface area contributed by atoms with Crippen LogP contribution in [0.3, 0.4) is 0 Å². The zero-order valence-electron chi connectivity index (χ0n) is 14.0. The van der Waals surface area contributed by atoms with Gasteiger partial charge < -0.3 is 9.64 Å². The Morgan fingerprint density at radius 1 is 1.09 bits per heavy atom. The molecule has 3 nitrogen and oxygen atoms in total. The molecule has 2 aromatic rings. The Labute approximate surface area is 138 Å². The van der Waals surface area contributed by atoms with Gasteiger partial charge in [0.2, 0.25) is 0 Å². The van der Waals surface area contributed by atoms with Gasteiger partial charge in [-0.25, -0.2) is 0 Å². The van der Waals surface area contributed by atoms with Gasteiger partial charge >= 0.3 is 0 Å². The summed E-state index contributed by atoms with van der Waals surface area (Å²) in [4.78, 5) is 6.74. The Hall–Kier alpha value is -1.87. The number of pyridine rings is 1. The average molecular weight is 308 g/mol. The summed E-state index contributed by atoms with van der Waals surface area (Å²) in [5.74, 6) is 2.49. The molecule has 1 saturated carbocycles. The number of nitrogens with zero attached hydrogens (tertiary/aromatic N) is 2. The third-order valence-corrected chi connectivity index (χ3v) is 5.23. The lowest BCUT2D eigenvalue weighted by Gasteiger charge is -2.22. The summed E-state index contributed by atoms with van der Waals surface area (Å²) < 4.78 is 6.14. The van der Waals surface area contributed by atoms with Gasteiger partial charge in [-0.05, 0) is 75.0 Å². The molecule has 2 atom stereocenters. The van der Waals surface area contributed by atoms with E-state index in [-0.39, 0.29) is 0 Å². The fraction of sp³-hybridized carbons (Fsp3) is 0.450. The van der Waals surface area contributed by atoms with Gasteiger partial charge in [0.1, 0.15) is 12.4 Å². The maximum absolute atomic E-state index is 6.14. The summed E-state index contributed by atoms with van der Waals surface area (Å²) in [6.07, 6.45) is 5.81. The molecule has 1 fully saturated rings. The molecular weight excluding hydrogens is 284 g/mol. The van der Waals surface area contributed by atoms with Gasteiger partial charge in [-0.3, -0.25) is 4.98 Å². The van der Waals surface area contributed by atoms with E-state index in [9.17, 15) is 0 Å². The normalized spacial score (nSPS) is 21.7. The molecule has 2 bridgehead atoms. The summed E-state index contributed by atoms with van der Waals surface area (Å²) in [6.45, 7) is 1.70. The van der Waals surface area contributed by atoms with Gasteiger partial charge in [0.15, 0.2) is 0 Å². The van der Waals surface area contributed by atoms with Crippen molar-refractivity contribution in [1.82, 2.24) is 9.88 Å². The number of likely N-dealkylation sites (N-methyl/N-ethyl adjacent to an activating group) is 1. The van der Waals surface area contributed by atoms with Crippen LogP contribution in [0.15, 0.2) is 36.5 Å². The largest absolute Gasteiger partial charge is 0.492 e. The van der Waals surface area contributed by atoms with E-state index in [2.05, 4.69) is 48.2 Å². The van der Waals surface area contributed by atoms with Crippen molar-refractivity contribution in [3.63, 3.8) is 0 Å². The number of benzene rings is 1. The lowest BCUT2D eigenvalue weighted by atomic mass is 9.86. The van der Waals surface area contributed by atoms with Crippen LogP contribution in [0.25, 0.3) is 11.3 Å². The molecule has 0 saturated heterocycles. The van der Waals surface area contributed by atoms with Crippen molar-refractivity contribution in [2.45, 2.75) is 31.1 Å². The Morgan fingerprint density at radius 3 is 2.65 bits per heavy atom. The summed E-state index contributed by atoms with van der Waals surface area (Å²) in [6, 6.07) is 10.6. The second-order valence-corrected chi connectivity index (χ2v) is 7.01. The smallest absolute Gasteiger partial charge is 0.123 e. The van der Waals surface area contributed by atoms with Crippen LogP contribution in [-0.2, 0) is 0 Å². The van der Waals surface area contributed by atoms with Crippen LogP contribution in [0.4, 0.5) is 0 Å². The van der Waals surface area contributed by atoms with Crippen molar-refractivity contribution in [2.24, 2.45) is 0 Å². The first kappa shape index (κ1) is 14.7. The van der Waals surface area contributed by atoms with E-state index in [1.54, 1.807) is 0 Å². The second-order valence-electron chi connectivity index (χ2n) is 7.01. The van der Waals surface area contributed by atoms with E-state index in [1.165, 1.54) is 36.0 Å². The van der Waals surface area contributed by atoms with Gasteiger partial charge in [-0.15, -0.1) is 0 Å². The highest BCUT2D eigenvalue weighted by Crippen LogP contribution is 2.58. The third kappa shape index (κ3) is 2.63. The van der Waals surface area contributed by atoms with Crippen LogP contribution < -0.4 is 4.74 Å². The van der Waals surface area contributed by atoms with E-state index in [0.717, 1.165) is 24.6 Å². The number of ether oxygens (including phenoxy) is 1. The lowest BCUT2D eigenvalue weighted by Crippen LogP contribution is -2.20. The minimum absolute atomic E-state index is 0.688. The predicted octanol–water partition coefficient (Wildman–Crippen LogP) is 4.05. The van der Waals surface area contributed by atoms with Crippen LogP contribution >= 0.6 is 0 Å². The van der Waals surface area contributed by atoms with E-state index in [0.29, 0.717) is 11.8 Å². The standard InChI is InChI=1S/C20H24N2O/c1-22(2)11-12-23-18-9-8-16(17-5-3-4-10-21-17)19-14-6-7-15(13-14)20(18)19/h3-5,8-10,14-15H,6-7,11-13H2,1-2H3. The Bertz CT molecular complexity index is 696. The first-order chi connectivity index (χ1) is 11.2. The number of fused-ring (bicyclic) bond motifs is 5. The zero-order chi connectivity index (χ0) is 15.8. The molecule has 2 aliphatic carbocycles. The van der Waals surface area contributed by atoms with E-state index in [4.69, 9.17) is 4.74 Å². The van der Waals surface area contributed by atoms with Crippen molar-refractivity contribution in [1.29, 1.82) is 0 Å². The number of aromatic nitrogens is 1. The Balaban J connectivity index is 1.72. The monoisotopic (exact) mass is 308 g/mol. The minimum Gasteiger partial charge on any atom is -0.492 e. The Kier molecular flexibility index (Phi) is 3.82. The molecule has 23 heavy (non-hydrogen) atoms. The van der Waals surface area contributed by atoms with Crippen molar-refractivity contribution < 1.29 is 4.74 Å². The molecule has 2 aliphatic rings. The lowest BCUT2D eigenvalue weighted by molar-refractivity contribution is 0.258. The molecule has 0 aliphatic heterocycles. The quantitative estimate of drug-likeness (QED) is 0.833.